The maximum Gasteiger partial charge on any atom is 0.378 e. The number of aliphatic hydroxyl groups excluding tert-OH is 3. The van der Waals surface area contributed by atoms with Crippen molar-refractivity contribution in [2.75, 3.05) is 0 Å². The highest BCUT2D eigenvalue weighted by molar-refractivity contribution is 5.89. The Morgan fingerprint density at radius 3 is 2.23 bits per heavy atom. The van der Waals surface area contributed by atoms with E-state index in [9.17, 15) is 24.9 Å². The van der Waals surface area contributed by atoms with E-state index < -0.39 is 29.7 Å². The van der Waals surface area contributed by atoms with Crippen LogP contribution in [0.5, 0.6) is 0 Å². The molecule has 2 heterocycles. The Morgan fingerprint density at radius 1 is 0.862 bits per heavy atom. The van der Waals surface area contributed by atoms with Gasteiger partial charge < -0.3 is 34.8 Å². The standard InChI is InChI=1S/C53H70N4O8/c1-48(2)24-25-53(37(26-48)36-18-19-40-50(5)22-21-41(59)49(3,4)39(50)20-23-51(40,6)52(36,7)27-42(53)60)47(62)54-28-35-29-57(56-55-35)30-38(58)43-44(63-31-33-14-10-8-11-15-33)45(46(61)65-43)64-32-34-16-12-9-13-17-34/h8-18,29,37-43,58-60H,19-28,30-32H2,1-7H3,(H,54,62)/t37-,38-,39-,40+,41-,42+,43+,50-,51+,52+,53+/m0/s1. The number of hydrogen-bond acceptors (Lipinski definition) is 10. The van der Waals surface area contributed by atoms with Crippen LogP contribution in [0.4, 0.5) is 0 Å². The molecule has 5 aliphatic carbocycles. The van der Waals surface area contributed by atoms with Crippen LogP contribution in [0.1, 0.15) is 123 Å². The minimum atomic E-state index is -1.26. The van der Waals surface area contributed by atoms with E-state index in [1.165, 1.54) is 10.3 Å². The molecule has 0 saturated heterocycles. The van der Waals surface area contributed by atoms with Crippen molar-refractivity contribution in [3.63, 3.8) is 0 Å². The molecule has 65 heavy (non-hydrogen) atoms. The topological polar surface area (TPSA) is 165 Å². The van der Waals surface area contributed by atoms with Crippen LogP contribution in [0.2, 0.25) is 0 Å². The van der Waals surface area contributed by atoms with Crippen molar-refractivity contribution in [2.24, 2.45) is 50.2 Å². The third-order valence-corrected chi connectivity index (χ3v) is 18.2. The molecule has 12 nitrogen and oxygen atoms in total. The van der Waals surface area contributed by atoms with Gasteiger partial charge in [-0.05, 0) is 114 Å². The minimum absolute atomic E-state index is 0.00573. The molecule has 11 atom stereocenters. The van der Waals surface area contributed by atoms with E-state index in [0.29, 0.717) is 30.4 Å². The second-order valence-corrected chi connectivity index (χ2v) is 22.6. The van der Waals surface area contributed by atoms with Crippen molar-refractivity contribution in [1.29, 1.82) is 0 Å². The molecule has 1 aliphatic heterocycles. The molecule has 3 aromatic rings. The van der Waals surface area contributed by atoms with Crippen molar-refractivity contribution in [1.82, 2.24) is 20.3 Å². The van der Waals surface area contributed by atoms with Gasteiger partial charge in [-0.3, -0.25) is 4.79 Å². The van der Waals surface area contributed by atoms with E-state index in [4.69, 9.17) is 14.2 Å². The van der Waals surface area contributed by atoms with Crippen LogP contribution >= 0.6 is 0 Å². The molecule has 0 bridgehead atoms. The maximum absolute atomic E-state index is 14.9. The molecule has 0 unspecified atom stereocenters. The molecule has 4 saturated carbocycles. The smallest absolute Gasteiger partial charge is 0.378 e. The van der Waals surface area contributed by atoms with Crippen LogP contribution in [0.3, 0.4) is 0 Å². The third-order valence-electron chi connectivity index (χ3n) is 18.2. The highest BCUT2D eigenvalue weighted by atomic mass is 16.6. The average molecular weight is 891 g/mol. The van der Waals surface area contributed by atoms with Crippen LogP contribution in [-0.4, -0.2) is 66.6 Å². The lowest BCUT2D eigenvalue weighted by atomic mass is 9.33. The van der Waals surface area contributed by atoms with Gasteiger partial charge in [-0.1, -0.05) is 126 Å². The van der Waals surface area contributed by atoms with Gasteiger partial charge in [-0.2, -0.15) is 0 Å². The molecule has 0 radical (unpaired) electrons. The van der Waals surface area contributed by atoms with Gasteiger partial charge >= 0.3 is 5.97 Å². The minimum Gasteiger partial charge on any atom is -0.485 e. The Labute approximate surface area is 384 Å². The average Bonchev–Trinajstić information content (AvgIpc) is 3.86. The normalized spacial score (nSPS) is 36.2. The van der Waals surface area contributed by atoms with Gasteiger partial charge in [-0.15, -0.1) is 5.10 Å². The van der Waals surface area contributed by atoms with E-state index in [2.05, 4.69) is 70.2 Å². The summed E-state index contributed by atoms with van der Waals surface area (Å²) in [6.07, 6.45) is 8.31. The molecule has 6 aliphatic rings. The number of carbonyl (C=O) groups excluding carboxylic acids is 2. The Morgan fingerprint density at radius 2 is 1.54 bits per heavy atom. The van der Waals surface area contributed by atoms with E-state index >= 15 is 0 Å². The first-order valence-electron chi connectivity index (χ1n) is 24.0. The van der Waals surface area contributed by atoms with Crippen molar-refractivity contribution in [2.45, 2.75) is 157 Å². The van der Waals surface area contributed by atoms with Gasteiger partial charge in [-0.25, -0.2) is 9.48 Å². The molecular weight excluding hydrogens is 821 g/mol. The number of carbonyl (C=O) groups is 2. The summed E-state index contributed by atoms with van der Waals surface area (Å²) in [7, 11) is 0. The summed E-state index contributed by atoms with van der Waals surface area (Å²) in [5, 5.41) is 47.2. The summed E-state index contributed by atoms with van der Waals surface area (Å²) in [5.74, 6) is -0.119. The highest BCUT2D eigenvalue weighted by Gasteiger charge is 2.71. The Kier molecular flexibility index (Phi) is 11.7. The predicted octanol–water partition coefficient (Wildman–Crippen LogP) is 7.96. The summed E-state index contributed by atoms with van der Waals surface area (Å²) in [6.45, 7) is 16.8. The number of allylic oxidation sites excluding steroid dienone is 2. The van der Waals surface area contributed by atoms with Crippen LogP contribution < -0.4 is 5.32 Å². The fourth-order valence-electron chi connectivity index (χ4n) is 14.3. The summed E-state index contributed by atoms with van der Waals surface area (Å²) >= 11 is 0. The molecular formula is C53H70N4O8. The lowest BCUT2D eigenvalue weighted by Gasteiger charge is -2.71. The SMILES string of the molecule is CC1(C)CC[C@]2(C(=O)NCc3cn(C[C@H](O)[C@H]4OC(=O)C(OCc5ccccc5)=C4OCc4ccccc4)nn3)[C@H](O)C[C@]3(C)C(=CC[C@@H]4[C@@]5(C)CC[C@H](O)C(C)(C)[C@@H]5CC[C@]43C)[C@@H]2C1. The monoisotopic (exact) mass is 891 g/mol. The van der Waals surface area contributed by atoms with Gasteiger partial charge in [0.05, 0.1) is 36.9 Å². The van der Waals surface area contributed by atoms with Crippen molar-refractivity contribution >= 4 is 11.9 Å². The number of ether oxygens (including phenoxy) is 3. The number of esters is 1. The number of amides is 1. The number of hydrogen-bond donors (Lipinski definition) is 4. The van der Waals surface area contributed by atoms with Crippen molar-refractivity contribution in [3.05, 3.63) is 107 Å². The molecule has 0 spiro atoms. The lowest BCUT2D eigenvalue weighted by molar-refractivity contribution is -0.215. The van der Waals surface area contributed by atoms with Gasteiger partial charge in [0.25, 0.3) is 0 Å². The summed E-state index contributed by atoms with van der Waals surface area (Å²) in [5.41, 5.74) is 2.20. The number of benzene rings is 2. The van der Waals surface area contributed by atoms with Crippen LogP contribution in [-0.2, 0) is 50.1 Å². The quantitative estimate of drug-likeness (QED) is 0.104. The number of nitrogens with one attached hydrogen (secondary N) is 1. The van der Waals surface area contributed by atoms with Crippen LogP contribution in [0, 0.1) is 50.2 Å². The molecule has 1 aromatic heterocycles. The lowest BCUT2D eigenvalue weighted by Crippen LogP contribution is -2.68. The van der Waals surface area contributed by atoms with Gasteiger partial charge in [0.2, 0.25) is 11.7 Å². The third kappa shape index (κ3) is 7.63. The molecule has 2 aromatic carbocycles. The number of aromatic nitrogens is 3. The molecule has 12 heteroatoms. The number of aliphatic hydroxyl groups is 3. The van der Waals surface area contributed by atoms with Gasteiger partial charge in [0, 0.05) is 0 Å². The fraction of sp³-hybridized carbons (Fsp3) is 0.623. The van der Waals surface area contributed by atoms with Crippen LogP contribution in [0.25, 0.3) is 0 Å². The molecule has 4 fully saturated rings. The Bertz CT molecular complexity index is 2330. The van der Waals surface area contributed by atoms with E-state index in [-0.39, 0.29) is 82.8 Å². The highest BCUT2D eigenvalue weighted by Crippen LogP contribution is 2.75. The maximum atomic E-state index is 14.9. The first kappa shape index (κ1) is 45.6. The molecule has 1 amide bonds. The van der Waals surface area contributed by atoms with E-state index in [1.54, 1.807) is 6.20 Å². The summed E-state index contributed by atoms with van der Waals surface area (Å²) < 4.78 is 19.3. The van der Waals surface area contributed by atoms with Gasteiger partial charge in [0.15, 0.2) is 11.9 Å². The first-order valence-corrected chi connectivity index (χ1v) is 24.0. The second-order valence-electron chi connectivity index (χ2n) is 22.6. The number of fused-ring (bicyclic) bond motifs is 7. The number of nitrogens with zero attached hydrogens (tertiary/aromatic N) is 3. The van der Waals surface area contributed by atoms with Crippen molar-refractivity contribution in [3.8, 4) is 0 Å². The molecule has 4 N–H and O–H groups in total. The number of cyclic esters (lactones) is 1. The Hall–Kier alpha value is -4.52. The summed E-state index contributed by atoms with van der Waals surface area (Å²) in [4.78, 5) is 28.1. The number of rotatable bonds is 12. The summed E-state index contributed by atoms with van der Waals surface area (Å²) in [6, 6.07) is 19.0. The first-order chi connectivity index (χ1) is 30.8. The zero-order valence-electron chi connectivity index (χ0n) is 39.4. The molecule has 9 rings (SSSR count). The largest absolute Gasteiger partial charge is 0.485 e. The zero-order chi connectivity index (χ0) is 46.2. The molecule has 350 valence electrons. The van der Waals surface area contributed by atoms with E-state index in [1.807, 2.05) is 60.7 Å². The predicted molar refractivity (Wildman–Crippen MR) is 244 cm³/mol. The second kappa shape index (κ2) is 16.7. The van der Waals surface area contributed by atoms with E-state index in [0.717, 1.165) is 56.1 Å². The van der Waals surface area contributed by atoms with Crippen LogP contribution in [0.15, 0.2) is 90.0 Å². The van der Waals surface area contributed by atoms with Crippen molar-refractivity contribution < 1.29 is 39.1 Å². The Balaban J connectivity index is 0.912. The van der Waals surface area contributed by atoms with Gasteiger partial charge in [0.1, 0.15) is 25.0 Å². The fourth-order valence-corrected chi connectivity index (χ4v) is 14.3. The zero-order valence-corrected chi connectivity index (χ0v) is 39.4.